The molecule has 3 heteroatoms. The molecule has 0 radical (unpaired) electrons. The van der Waals surface area contributed by atoms with Crippen LogP contribution >= 0.6 is 15.9 Å². The predicted molar refractivity (Wildman–Crippen MR) is 65.9 cm³/mol. The number of aromatic nitrogens is 1. The molecular weight excluding hydrogens is 252 g/mol. The summed E-state index contributed by atoms with van der Waals surface area (Å²) in [7, 11) is 0. The minimum atomic E-state index is 0.587. The molecule has 1 N–H and O–H groups in total. The molecule has 0 aliphatic heterocycles. The lowest BCUT2D eigenvalue weighted by Gasteiger charge is -2.06. The van der Waals surface area contributed by atoms with E-state index in [1.165, 1.54) is 12.1 Å². The summed E-state index contributed by atoms with van der Waals surface area (Å²) in [6.07, 6.45) is 3.18. The first kappa shape index (κ1) is 11.1. The van der Waals surface area contributed by atoms with Crippen molar-refractivity contribution in [3.8, 4) is 0 Å². The van der Waals surface area contributed by atoms with Gasteiger partial charge in [0.05, 0.1) is 0 Å². The predicted octanol–water partition coefficient (Wildman–Crippen LogP) is 2.95. The molecule has 1 saturated carbocycles. The third-order valence-corrected chi connectivity index (χ3v) is 3.31. The van der Waals surface area contributed by atoms with Crippen molar-refractivity contribution in [2.75, 3.05) is 6.54 Å². The van der Waals surface area contributed by atoms with Crippen LogP contribution in [0.2, 0.25) is 0 Å². The van der Waals surface area contributed by atoms with Gasteiger partial charge in [-0.1, -0.05) is 13.8 Å². The fraction of sp³-hybridized carbons (Fsp3) is 0.583. The maximum absolute atomic E-state index is 4.44. The Morgan fingerprint density at radius 3 is 2.93 bits per heavy atom. The van der Waals surface area contributed by atoms with Gasteiger partial charge < -0.3 is 5.32 Å². The summed E-state index contributed by atoms with van der Waals surface area (Å²) >= 11 is 3.41. The van der Waals surface area contributed by atoms with Crippen molar-refractivity contribution in [2.24, 2.45) is 5.92 Å². The molecule has 1 aliphatic carbocycles. The van der Waals surface area contributed by atoms with Crippen LogP contribution in [-0.4, -0.2) is 17.6 Å². The summed E-state index contributed by atoms with van der Waals surface area (Å²) in [6.45, 7) is 5.50. The van der Waals surface area contributed by atoms with Gasteiger partial charge >= 0.3 is 0 Å². The molecule has 2 rings (SSSR count). The lowest BCUT2D eigenvalue weighted by Crippen LogP contribution is -2.25. The van der Waals surface area contributed by atoms with Gasteiger partial charge in [-0.25, -0.2) is 0 Å². The molecule has 1 aliphatic rings. The van der Waals surface area contributed by atoms with E-state index in [4.69, 9.17) is 0 Å². The van der Waals surface area contributed by atoms with E-state index >= 15 is 0 Å². The van der Waals surface area contributed by atoms with Crippen LogP contribution in [0.25, 0.3) is 0 Å². The zero-order chi connectivity index (χ0) is 10.8. The summed E-state index contributed by atoms with van der Waals surface area (Å²) in [5, 5.41) is 3.48. The lowest BCUT2D eigenvalue weighted by atomic mass is 10.2. The smallest absolute Gasteiger partial charge is 0.0438 e. The summed E-state index contributed by atoms with van der Waals surface area (Å²) < 4.78 is 1.06. The number of rotatable bonds is 4. The second-order valence-electron chi connectivity index (χ2n) is 4.57. The Morgan fingerprint density at radius 1 is 1.53 bits per heavy atom. The Hall–Kier alpha value is -0.410. The standard InChI is InChI=1S/C12H17BrN2/c1-8(2)14-6-9-5-11(9)12-4-3-10(13)7-15-12/h3-4,7-9,11,14H,5-6H2,1-2H3. The van der Waals surface area contributed by atoms with Crippen molar-refractivity contribution in [3.63, 3.8) is 0 Å². The highest BCUT2D eigenvalue weighted by molar-refractivity contribution is 9.10. The van der Waals surface area contributed by atoms with Crippen LogP contribution in [0.15, 0.2) is 22.8 Å². The zero-order valence-corrected chi connectivity index (χ0v) is 10.8. The zero-order valence-electron chi connectivity index (χ0n) is 9.20. The fourth-order valence-corrected chi connectivity index (χ4v) is 2.06. The van der Waals surface area contributed by atoms with E-state index in [1.807, 2.05) is 6.20 Å². The maximum Gasteiger partial charge on any atom is 0.0438 e. The van der Waals surface area contributed by atoms with Crippen molar-refractivity contribution >= 4 is 15.9 Å². The Labute approximate surface area is 99.6 Å². The number of hydrogen-bond donors (Lipinski definition) is 1. The summed E-state index contributed by atoms with van der Waals surface area (Å²) in [5.74, 6) is 1.48. The molecule has 1 aromatic rings. The van der Waals surface area contributed by atoms with Crippen LogP contribution in [-0.2, 0) is 0 Å². The number of halogens is 1. The van der Waals surface area contributed by atoms with Crippen LogP contribution in [0.5, 0.6) is 0 Å². The topological polar surface area (TPSA) is 24.9 Å². The van der Waals surface area contributed by atoms with E-state index in [0.29, 0.717) is 12.0 Å². The van der Waals surface area contributed by atoms with E-state index in [9.17, 15) is 0 Å². The molecule has 0 bridgehead atoms. The van der Waals surface area contributed by atoms with Crippen LogP contribution < -0.4 is 5.32 Å². The quantitative estimate of drug-likeness (QED) is 0.909. The highest BCUT2D eigenvalue weighted by Gasteiger charge is 2.38. The average Bonchev–Trinajstić information content (AvgIpc) is 2.95. The minimum Gasteiger partial charge on any atom is -0.314 e. The van der Waals surface area contributed by atoms with Gasteiger partial charge in [-0.15, -0.1) is 0 Å². The van der Waals surface area contributed by atoms with Gasteiger partial charge in [-0.05, 0) is 46.9 Å². The molecule has 82 valence electrons. The van der Waals surface area contributed by atoms with Gasteiger partial charge in [0.25, 0.3) is 0 Å². The molecule has 0 spiro atoms. The Kier molecular flexibility index (Phi) is 3.42. The van der Waals surface area contributed by atoms with E-state index in [1.54, 1.807) is 0 Å². The number of nitrogens with one attached hydrogen (secondary N) is 1. The van der Waals surface area contributed by atoms with Gasteiger partial charge in [0.15, 0.2) is 0 Å². The first-order chi connectivity index (χ1) is 7.16. The molecule has 2 atom stereocenters. The Bertz CT molecular complexity index is 321. The van der Waals surface area contributed by atoms with Crippen molar-refractivity contribution < 1.29 is 0 Å². The van der Waals surface area contributed by atoms with Crippen molar-refractivity contribution in [3.05, 3.63) is 28.5 Å². The summed E-state index contributed by atoms with van der Waals surface area (Å²) in [6, 6.07) is 4.79. The number of nitrogens with zero attached hydrogens (tertiary/aromatic N) is 1. The maximum atomic E-state index is 4.44. The lowest BCUT2D eigenvalue weighted by molar-refractivity contribution is 0.553. The van der Waals surface area contributed by atoms with E-state index in [0.717, 1.165) is 16.9 Å². The van der Waals surface area contributed by atoms with Crippen molar-refractivity contribution in [1.29, 1.82) is 0 Å². The molecule has 0 saturated heterocycles. The van der Waals surface area contributed by atoms with Gasteiger partial charge in [0, 0.05) is 28.3 Å². The summed E-state index contributed by atoms with van der Waals surface area (Å²) in [4.78, 5) is 4.44. The second-order valence-corrected chi connectivity index (χ2v) is 5.48. The second kappa shape index (κ2) is 4.62. The van der Waals surface area contributed by atoms with E-state index < -0.39 is 0 Å². The van der Waals surface area contributed by atoms with Crippen molar-refractivity contribution in [2.45, 2.75) is 32.2 Å². The Morgan fingerprint density at radius 2 is 2.33 bits per heavy atom. The van der Waals surface area contributed by atoms with Crippen LogP contribution in [0, 0.1) is 5.92 Å². The number of hydrogen-bond acceptors (Lipinski definition) is 2. The van der Waals surface area contributed by atoms with Gasteiger partial charge in [0.2, 0.25) is 0 Å². The van der Waals surface area contributed by atoms with Crippen molar-refractivity contribution in [1.82, 2.24) is 10.3 Å². The van der Waals surface area contributed by atoms with Gasteiger partial charge in [-0.3, -0.25) is 4.98 Å². The average molecular weight is 269 g/mol. The van der Waals surface area contributed by atoms with Crippen LogP contribution in [0.1, 0.15) is 31.9 Å². The Balaban J connectivity index is 1.85. The molecule has 2 nitrogen and oxygen atoms in total. The third-order valence-electron chi connectivity index (χ3n) is 2.84. The molecule has 1 fully saturated rings. The summed E-state index contributed by atoms with van der Waals surface area (Å²) in [5.41, 5.74) is 1.24. The van der Waals surface area contributed by atoms with E-state index in [2.05, 4.69) is 52.2 Å². The molecule has 0 amide bonds. The molecule has 15 heavy (non-hydrogen) atoms. The van der Waals surface area contributed by atoms with Crippen LogP contribution in [0.4, 0.5) is 0 Å². The molecule has 1 aromatic heterocycles. The molecule has 0 aromatic carbocycles. The third kappa shape index (κ3) is 3.02. The molecular formula is C12H17BrN2. The highest BCUT2D eigenvalue weighted by Crippen LogP contribution is 2.46. The van der Waals surface area contributed by atoms with Gasteiger partial charge in [-0.2, -0.15) is 0 Å². The SMILES string of the molecule is CC(C)NCC1CC1c1ccc(Br)cn1. The van der Waals surface area contributed by atoms with E-state index in [-0.39, 0.29) is 0 Å². The first-order valence-electron chi connectivity index (χ1n) is 5.51. The molecule has 2 unspecified atom stereocenters. The van der Waals surface area contributed by atoms with Gasteiger partial charge in [0.1, 0.15) is 0 Å². The highest BCUT2D eigenvalue weighted by atomic mass is 79.9. The largest absolute Gasteiger partial charge is 0.314 e. The normalized spacial score (nSPS) is 24.5. The number of pyridine rings is 1. The first-order valence-corrected chi connectivity index (χ1v) is 6.31. The fourth-order valence-electron chi connectivity index (χ4n) is 1.83. The molecule has 1 heterocycles. The minimum absolute atomic E-state index is 0.587. The monoisotopic (exact) mass is 268 g/mol. The van der Waals surface area contributed by atoms with Crippen LogP contribution in [0.3, 0.4) is 0 Å².